The standard InChI is InChI=1S/C26H33FN6O/c1-19-14-24-23(29-16-19)4-5-25(34)33(24)13-12-31-10-6-21(7-11-31)28-17-20-15-22(27)26(30-18-20)32-8-2-3-9-32/h4-5,14-16,18,21,28H,2-3,6-13,17H2,1H3. The molecule has 0 spiro atoms. The summed E-state index contributed by atoms with van der Waals surface area (Å²) < 4.78 is 16.4. The summed E-state index contributed by atoms with van der Waals surface area (Å²) in [4.78, 5) is 25.8. The summed E-state index contributed by atoms with van der Waals surface area (Å²) in [5.74, 6) is 0.274. The van der Waals surface area contributed by atoms with Gasteiger partial charge in [0.25, 0.3) is 5.56 Å². The van der Waals surface area contributed by atoms with Gasteiger partial charge in [-0.15, -0.1) is 0 Å². The molecule has 2 aliphatic rings. The van der Waals surface area contributed by atoms with Crippen LogP contribution >= 0.6 is 0 Å². The van der Waals surface area contributed by atoms with Crippen molar-refractivity contribution in [1.29, 1.82) is 0 Å². The molecule has 5 rings (SSSR count). The molecule has 3 aromatic rings. The van der Waals surface area contributed by atoms with Crippen LogP contribution in [0.25, 0.3) is 11.0 Å². The summed E-state index contributed by atoms with van der Waals surface area (Å²) in [5.41, 5.74) is 3.72. The Balaban J connectivity index is 1.11. The number of aromatic nitrogens is 3. The van der Waals surface area contributed by atoms with Crippen LogP contribution in [-0.2, 0) is 13.1 Å². The van der Waals surface area contributed by atoms with E-state index in [4.69, 9.17) is 0 Å². The summed E-state index contributed by atoms with van der Waals surface area (Å²) in [7, 11) is 0. The number of rotatable bonds is 7. The van der Waals surface area contributed by atoms with Crippen molar-refractivity contribution in [2.24, 2.45) is 0 Å². The zero-order valence-corrected chi connectivity index (χ0v) is 19.8. The molecular formula is C26H33FN6O. The quantitative estimate of drug-likeness (QED) is 0.580. The Morgan fingerprint density at radius 3 is 2.59 bits per heavy atom. The Morgan fingerprint density at radius 1 is 1.03 bits per heavy atom. The average molecular weight is 465 g/mol. The minimum absolute atomic E-state index is 0.0213. The predicted octanol–water partition coefficient (Wildman–Crippen LogP) is 3.09. The van der Waals surface area contributed by atoms with Gasteiger partial charge in [-0.3, -0.25) is 9.78 Å². The monoisotopic (exact) mass is 464 g/mol. The van der Waals surface area contributed by atoms with Crippen LogP contribution in [0, 0.1) is 12.7 Å². The second-order valence-corrected chi connectivity index (χ2v) is 9.58. The third-order valence-corrected chi connectivity index (χ3v) is 7.08. The number of nitrogens with zero attached hydrogens (tertiary/aromatic N) is 5. The van der Waals surface area contributed by atoms with E-state index < -0.39 is 0 Å². The molecule has 2 saturated heterocycles. The van der Waals surface area contributed by atoms with Crippen molar-refractivity contribution in [1.82, 2.24) is 24.8 Å². The Kier molecular flexibility index (Phi) is 6.87. The number of piperidine rings is 1. The third-order valence-electron chi connectivity index (χ3n) is 7.08. The number of aryl methyl sites for hydroxylation is 1. The smallest absolute Gasteiger partial charge is 0.251 e. The van der Waals surface area contributed by atoms with Gasteiger partial charge in [0.05, 0.1) is 11.0 Å². The molecule has 34 heavy (non-hydrogen) atoms. The molecule has 0 bridgehead atoms. The Morgan fingerprint density at radius 2 is 1.82 bits per heavy atom. The lowest BCUT2D eigenvalue weighted by Crippen LogP contribution is -2.43. The maximum atomic E-state index is 14.5. The third kappa shape index (κ3) is 5.13. The minimum Gasteiger partial charge on any atom is -0.354 e. The molecule has 8 heteroatoms. The molecule has 0 amide bonds. The first-order valence-corrected chi connectivity index (χ1v) is 12.4. The Labute approximate surface area is 199 Å². The van der Waals surface area contributed by atoms with Gasteiger partial charge in [0.2, 0.25) is 0 Å². The van der Waals surface area contributed by atoms with Crippen LogP contribution in [0.1, 0.15) is 36.8 Å². The van der Waals surface area contributed by atoms with E-state index in [-0.39, 0.29) is 11.4 Å². The lowest BCUT2D eigenvalue weighted by molar-refractivity contribution is 0.191. The number of nitrogens with one attached hydrogen (secondary N) is 1. The number of likely N-dealkylation sites (tertiary alicyclic amines) is 1. The molecule has 180 valence electrons. The van der Waals surface area contributed by atoms with Crippen molar-refractivity contribution < 1.29 is 4.39 Å². The van der Waals surface area contributed by atoms with E-state index in [1.165, 1.54) is 0 Å². The first kappa shape index (κ1) is 22.9. The summed E-state index contributed by atoms with van der Waals surface area (Å²) in [5, 5.41) is 3.58. The molecule has 0 atom stereocenters. The van der Waals surface area contributed by atoms with Crippen molar-refractivity contribution >= 4 is 16.9 Å². The summed E-state index contributed by atoms with van der Waals surface area (Å²) >= 11 is 0. The molecular weight excluding hydrogens is 431 g/mol. The van der Waals surface area contributed by atoms with E-state index in [1.807, 2.05) is 28.7 Å². The minimum atomic E-state index is -0.218. The highest BCUT2D eigenvalue weighted by Gasteiger charge is 2.20. The predicted molar refractivity (Wildman–Crippen MR) is 133 cm³/mol. The van der Waals surface area contributed by atoms with E-state index in [9.17, 15) is 9.18 Å². The van der Waals surface area contributed by atoms with Gasteiger partial charge in [0, 0.05) is 57.2 Å². The number of fused-ring (bicyclic) bond motifs is 1. The molecule has 0 radical (unpaired) electrons. The lowest BCUT2D eigenvalue weighted by atomic mass is 10.0. The second kappa shape index (κ2) is 10.2. The molecule has 3 aromatic heterocycles. The van der Waals surface area contributed by atoms with Gasteiger partial charge in [0.1, 0.15) is 0 Å². The fourth-order valence-electron chi connectivity index (χ4n) is 5.09. The summed E-state index contributed by atoms with van der Waals surface area (Å²) in [6.07, 6.45) is 7.93. The van der Waals surface area contributed by atoms with Crippen LogP contribution in [0.2, 0.25) is 0 Å². The largest absolute Gasteiger partial charge is 0.354 e. The van der Waals surface area contributed by atoms with Crippen molar-refractivity contribution in [3.05, 3.63) is 64.0 Å². The number of hydrogen-bond donors (Lipinski definition) is 1. The van der Waals surface area contributed by atoms with Crippen LogP contribution in [0.3, 0.4) is 0 Å². The molecule has 1 N–H and O–H groups in total. The van der Waals surface area contributed by atoms with Gasteiger partial charge in [-0.05, 0) is 75.0 Å². The normalized spacial score (nSPS) is 17.6. The van der Waals surface area contributed by atoms with E-state index in [2.05, 4.69) is 20.2 Å². The zero-order valence-electron chi connectivity index (χ0n) is 19.8. The van der Waals surface area contributed by atoms with Gasteiger partial charge in [0.15, 0.2) is 11.6 Å². The van der Waals surface area contributed by atoms with E-state index in [0.717, 1.165) is 80.6 Å². The maximum absolute atomic E-state index is 14.5. The highest BCUT2D eigenvalue weighted by molar-refractivity contribution is 5.74. The SMILES string of the molecule is Cc1cnc2ccc(=O)n(CCN3CCC(NCc4cnc(N5CCCC5)c(F)c4)CC3)c2c1. The van der Waals surface area contributed by atoms with Crippen molar-refractivity contribution in [3.63, 3.8) is 0 Å². The Hall–Kier alpha value is -2.84. The van der Waals surface area contributed by atoms with Gasteiger partial charge in [-0.25, -0.2) is 9.37 Å². The number of pyridine rings is 3. The van der Waals surface area contributed by atoms with E-state index in [0.29, 0.717) is 24.9 Å². The zero-order chi connectivity index (χ0) is 23.5. The average Bonchev–Trinajstić information content (AvgIpc) is 3.37. The molecule has 2 aliphatic heterocycles. The molecule has 7 nitrogen and oxygen atoms in total. The first-order valence-electron chi connectivity index (χ1n) is 12.4. The topological polar surface area (TPSA) is 66.3 Å². The van der Waals surface area contributed by atoms with Crippen molar-refractivity contribution in [2.75, 3.05) is 37.6 Å². The van der Waals surface area contributed by atoms with Crippen LogP contribution in [-0.4, -0.2) is 58.2 Å². The number of anilines is 1. The molecule has 0 unspecified atom stereocenters. The first-order chi connectivity index (χ1) is 16.6. The highest BCUT2D eigenvalue weighted by atomic mass is 19.1. The van der Waals surface area contributed by atoms with Gasteiger partial charge in [-0.1, -0.05) is 0 Å². The van der Waals surface area contributed by atoms with Crippen LogP contribution in [0.5, 0.6) is 0 Å². The van der Waals surface area contributed by atoms with Crippen molar-refractivity contribution in [2.45, 2.75) is 51.7 Å². The fraction of sp³-hybridized carbons (Fsp3) is 0.500. The summed E-state index contributed by atoms with van der Waals surface area (Å²) in [6, 6.07) is 7.48. The number of hydrogen-bond acceptors (Lipinski definition) is 6. The molecule has 0 aromatic carbocycles. The molecule has 0 aliphatic carbocycles. The fourth-order valence-corrected chi connectivity index (χ4v) is 5.09. The van der Waals surface area contributed by atoms with Gasteiger partial charge in [-0.2, -0.15) is 0 Å². The Bertz CT molecular complexity index is 1200. The van der Waals surface area contributed by atoms with Crippen LogP contribution in [0.4, 0.5) is 10.2 Å². The summed E-state index contributed by atoms with van der Waals surface area (Å²) in [6.45, 7) is 7.88. The van der Waals surface area contributed by atoms with E-state index in [1.54, 1.807) is 24.4 Å². The van der Waals surface area contributed by atoms with Crippen LogP contribution < -0.4 is 15.8 Å². The number of halogens is 1. The maximum Gasteiger partial charge on any atom is 0.251 e. The van der Waals surface area contributed by atoms with Gasteiger partial charge >= 0.3 is 0 Å². The van der Waals surface area contributed by atoms with Crippen molar-refractivity contribution in [3.8, 4) is 0 Å². The lowest BCUT2D eigenvalue weighted by Gasteiger charge is -2.32. The van der Waals surface area contributed by atoms with Crippen LogP contribution in [0.15, 0.2) is 41.5 Å². The molecule has 0 saturated carbocycles. The molecule has 2 fully saturated rings. The molecule has 5 heterocycles. The second-order valence-electron chi connectivity index (χ2n) is 9.58. The van der Waals surface area contributed by atoms with Gasteiger partial charge < -0.3 is 19.7 Å². The van der Waals surface area contributed by atoms with E-state index >= 15 is 0 Å². The highest BCUT2D eigenvalue weighted by Crippen LogP contribution is 2.22.